The average Bonchev–Trinajstić information content (AvgIpc) is 2.44. The van der Waals surface area contributed by atoms with Gasteiger partial charge in [-0.15, -0.1) is 11.8 Å². The highest BCUT2D eigenvalue weighted by atomic mass is 32.2. The van der Waals surface area contributed by atoms with Crippen LogP contribution in [0.3, 0.4) is 0 Å². The zero-order chi connectivity index (χ0) is 8.72. The molecule has 2 aliphatic heterocycles. The Morgan fingerprint density at radius 2 is 2.50 bits per heavy atom. The smallest absolute Gasteiger partial charge is 0.303 e. The second-order valence-electron chi connectivity index (χ2n) is 2.59. The second kappa shape index (κ2) is 2.52. The van der Waals surface area contributed by atoms with Crippen molar-refractivity contribution in [3.8, 4) is 0 Å². The van der Waals surface area contributed by atoms with Crippen molar-refractivity contribution in [1.82, 2.24) is 4.90 Å². The fraction of sp³-hybridized carbons (Fsp3) is 0.429. The summed E-state index contributed by atoms with van der Waals surface area (Å²) in [6.45, 7) is 1.31. The highest BCUT2D eigenvalue weighted by molar-refractivity contribution is 8.03. The van der Waals surface area contributed by atoms with Gasteiger partial charge in [0, 0.05) is 13.1 Å². The van der Waals surface area contributed by atoms with Gasteiger partial charge in [0.15, 0.2) is 0 Å². The molecule has 1 amide bonds. The normalized spacial score (nSPS) is 31.4. The van der Waals surface area contributed by atoms with Crippen molar-refractivity contribution in [3.05, 3.63) is 11.6 Å². The van der Waals surface area contributed by atoms with Crippen LogP contribution in [0.15, 0.2) is 11.6 Å². The number of hydrogen-bond donors (Lipinski definition) is 0. The van der Waals surface area contributed by atoms with E-state index in [2.05, 4.69) is 0 Å². The fourth-order valence-corrected chi connectivity index (χ4v) is 2.20. The van der Waals surface area contributed by atoms with Gasteiger partial charge in [0.1, 0.15) is 5.37 Å². The van der Waals surface area contributed by atoms with E-state index in [1.807, 2.05) is 5.41 Å². The summed E-state index contributed by atoms with van der Waals surface area (Å²) in [5, 5.41) is 1.81. The molecule has 0 aromatic heterocycles. The van der Waals surface area contributed by atoms with Crippen LogP contribution < -0.4 is 0 Å². The van der Waals surface area contributed by atoms with Gasteiger partial charge in [-0.05, 0) is 5.41 Å². The lowest BCUT2D eigenvalue weighted by Gasteiger charge is -2.39. The van der Waals surface area contributed by atoms with Crippen LogP contribution in [0, 0.1) is 0 Å². The number of hydrogen-bond acceptors (Lipinski definition) is 4. The van der Waals surface area contributed by atoms with Gasteiger partial charge in [-0.25, -0.2) is 0 Å². The van der Waals surface area contributed by atoms with E-state index in [9.17, 15) is 9.59 Å². The Hall–Kier alpha value is -0.970. The van der Waals surface area contributed by atoms with E-state index < -0.39 is 12.1 Å². The molecule has 0 aromatic carbocycles. The lowest BCUT2D eigenvalue weighted by atomic mass is 10.1. The molecule has 0 aromatic rings. The first-order valence-electron chi connectivity index (χ1n) is 3.51. The molecule has 2 rings (SSSR count). The summed E-state index contributed by atoms with van der Waals surface area (Å²) < 4.78 is 4.82. The Balaban J connectivity index is 2.02. The van der Waals surface area contributed by atoms with Crippen LogP contribution in [0.2, 0.25) is 0 Å². The van der Waals surface area contributed by atoms with Crippen molar-refractivity contribution in [2.24, 2.45) is 0 Å². The highest BCUT2D eigenvalue weighted by Gasteiger charge is 2.51. The van der Waals surface area contributed by atoms with Gasteiger partial charge < -0.3 is 4.74 Å². The van der Waals surface area contributed by atoms with Crippen molar-refractivity contribution < 1.29 is 14.3 Å². The molecule has 0 bridgehead atoms. The average molecular weight is 185 g/mol. The predicted octanol–water partition coefficient (Wildman–Crippen LogP) is 0.304. The van der Waals surface area contributed by atoms with Gasteiger partial charge >= 0.3 is 5.97 Å². The van der Waals surface area contributed by atoms with Gasteiger partial charge in [0.05, 0.1) is 0 Å². The third-order valence-corrected chi connectivity index (χ3v) is 2.80. The molecule has 2 aliphatic rings. The number of esters is 1. The Bertz CT molecular complexity index is 276. The molecule has 12 heavy (non-hydrogen) atoms. The molecule has 1 saturated heterocycles. The Morgan fingerprint density at radius 1 is 1.75 bits per heavy atom. The minimum Gasteiger partial charge on any atom is -0.449 e. The molecule has 1 fully saturated rings. The standard InChI is InChI=1S/C7H7NO3S/c1-4(9)11-5-6(10)8-2-3-12-7(5)8/h2-3,5,7H,1H3/t5?,7-/m0/s1. The summed E-state index contributed by atoms with van der Waals surface area (Å²) >= 11 is 1.49. The number of nitrogens with zero attached hydrogens (tertiary/aromatic N) is 1. The maximum Gasteiger partial charge on any atom is 0.303 e. The third-order valence-electron chi connectivity index (χ3n) is 1.76. The molecule has 0 radical (unpaired) electrons. The Kier molecular flexibility index (Phi) is 1.61. The molecule has 2 heterocycles. The van der Waals surface area contributed by atoms with Gasteiger partial charge in [0.2, 0.25) is 6.10 Å². The molecule has 0 N–H and O–H groups in total. The van der Waals surface area contributed by atoms with Crippen molar-refractivity contribution >= 4 is 23.6 Å². The Morgan fingerprint density at radius 3 is 3.17 bits per heavy atom. The highest BCUT2D eigenvalue weighted by Crippen LogP contribution is 2.38. The van der Waals surface area contributed by atoms with Crippen LogP contribution in [0.4, 0.5) is 0 Å². The van der Waals surface area contributed by atoms with Crippen molar-refractivity contribution in [3.63, 3.8) is 0 Å². The minimum absolute atomic E-state index is 0.0126. The molecule has 64 valence electrons. The van der Waals surface area contributed by atoms with E-state index in [4.69, 9.17) is 4.74 Å². The van der Waals surface area contributed by atoms with Gasteiger partial charge in [-0.3, -0.25) is 14.5 Å². The lowest BCUT2D eigenvalue weighted by Crippen LogP contribution is -2.60. The van der Waals surface area contributed by atoms with Crippen LogP contribution in [0.25, 0.3) is 0 Å². The maximum atomic E-state index is 11.2. The number of carbonyl (C=O) groups excluding carboxylic acids is 2. The number of β-lactam (4-membered cyclic amide) rings is 1. The van der Waals surface area contributed by atoms with Crippen molar-refractivity contribution in [2.45, 2.75) is 18.4 Å². The van der Waals surface area contributed by atoms with Crippen LogP contribution in [-0.4, -0.2) is 28.3 Å². The first kappa shape index (κ1) is 7.67. The molecule has 2 atom stereocenters. The zero-order valence-electron chi connectivity index (χ0n) is 6.39. The summed E-state index contributed by atoms with van der Waals surface area (Å²) in [7, 11) is 0. The molecular formula is C7H7NO3S. The fourth-order valence-electron chi connectivity index (χ4n) is 1.22. The van der Waals surface area contributed by atoms with Crippen LogP contribution in [0.5, 0.6) is 0 Å². The first-order valence-corrected chi connectivity index (χ1v) is 4.46. The molecular weight excluding hydrogens is 178 g/mol. The third kappa shape index (κ3) is 0.929. The summed E-state index contributed by atoms with van der Waals surface area (Å²) in [5.74, 6) is -0.531. The van der Waals surface area contributed by atoms with Crippen LogP contribution in [0.1, 0.15) is 6.92 Å². The summed E-state index contributed by atoms with van der Waals surface area (Å²) in [6.07, 6.45) is 1.14. The zero-order valence-corrected chi connectivity index (χ0v) is 7.21. The molecule has 0 saturated carbocycles. The largest absolute Gasteiger partial charge is 0.449 e. The quantitative estimate of drug-likeness (QED) is 0.435. The molecule has 1 unspecified atom stereocenters. The number of rotatable bonds is 1. The number of amides is 1. The van der Waals surface area contributed by atoms with Gasteiger partial charge in [-0.1, -0.05) is 0 Å². The predicted molar refractivity (Wildman–Crippen MR) is 42.9 cm³/mol. The van der Waals surface area contributed by atoms with E-state index in [0.717, 1.165) is 0 Å². The number of fused-ring (bicyclic) bond motifs is 1. The number of thioether (sulfide) groups is 1. The maximum absolute atomic E-state index is 11.2. The minimum atomic E-state index is -0.567. The van der Waals surface area contributed by atoms with E-state index in [1.165, 1.54) is 18.7 Å². The van der Waals surface area contributed by atoms with E-state index in [0.29, 0.717) is 0 Å². The van der Waals surface area contributed by atoms with Crippen LogP contribution >= 0.6 is 11.8 Å². The summed E-state index contributed by atoms with van der Waals surface area (Å²) in [4.78, 5) is 23.3. The molecule has 4 nitrogen and oxygen atoms in total. The van der Waals surface area contributed by atoms with E-state index in [1.54, 1.807) is 11.1 Å². The van der Waals surface area contributed by atoms with E-state index >= 15 is 0 Å². The molecule has 5 heteroatoms. The molecule has 0 aliphatic carbocycles. The van der Waals surface area contributed by atoms with Crippen LogP contribution in [-0.2, 0) is 14.3 Å². The topological polar surface area (TPSA) is 46.6 Å². The first-order chi connectivity index (χ1) is 5.70. The summed E-state index contributed by atoms with van der Waals surface area (Å²) in [5.41, 5.74) is 0. The SMILES string of the molecule is CC(=O)OC1C(=O)N2C=CS[C@@H]12. The van der Waals surface area contributed by atoms with Gasteiger partial charge in [0.25, 0.3) is 5.91 Å². The van der Waals surface area contributed by atoms with Gasteiger partial charge in [-0.2, -0.15) is 0 Å². The lowest BCUT2D eigenvalue weighted by molar-refractivity contribution is -0.170. The number of carbonyl (C=O) groups is 2. The van der Waals surface area contributed by atoms with Crippen molar-refractivity contribution in [1.29, 1.82) is 0 Å². The van der Waals surface area contributed by atoms with E-state index in [-0.39, 0.29) is 11.3 Å². The second-order valence-corrected chi connectivity index (χ2v) is 3.61. The Labute approximate surface area is 73.5 Å². The monoisotopic (exact) mass is 185 g/mol. The summed E-state index contributed by atoms with van der Waals surface area (Å²) in [6, 6.07) is 0. The van der Waals surface area contributed by atoms with Crippen molar-refractivity contribution in [2.75, 3.05) is 0 Å². The molecule has 0 spiro atoms. The number of ether oxygens (including phenoxy) is 1.